The standard InChI is InChI=1S/C2H3N3O2/c3-1-2(6)4-5-7-1/h1H,3H2. The van der Waals surface area contributed by atoms with Crippen LogP contribution in [0.1, 0.15) is 0 Å². The maximum Gasteiger partial charge on any atom is 0.325 e. The van der Waals surface area contributed by atoms with E-state index >= 15 is 0 Å². The maximum atomic E-state index is 10.1. The summed E-state index contributed by atoms with van der Waals surface area (Å²) in [5.74, 6) is -0.528. The Bertz CT molecular complexity index is 120. The second-order valence-corrected chi connectivity index (χ2v) is 1.05. The SMILES string of the molecule is NC1ON=NC1=O. The molecule has 0 aromatic carbocycles. The van der Waals surface area contributed by atoms with Crippen molar-refractivity contribution >= 4 is 5.91 Å². The van der Waals surface area contributed by atoms with Crippen LogP contribution in [0, 0.1) is 0 Å². The summed E-state index contributed by atoms with van der Waals surface area (Å²) in [6.45, 7) is 0. The first-order chi connectivity index (χ1) is 3.30. The Balaban J connectivity index is 2.62. The second-order valence-electron chi connectivity index (χ2n) is 1.05. The lowest BCUT2D eigenvalue weighted by Gasteiger charge is -1.89. The third-order valence-corrected chi connectivity index (χ3v) is 0.543. The van der Waals surface area contributed by atoms with Crippen molar-refractivity contribution in [2.45, 2.75) is 6.23 Å². The molecular formula is C2H3N3O2. The number of hydrogen-bond acceptors (Lipinski definition) is 4. The van der Waals surface area contributed by atoms with E-state index in [4.69, 9.17) is 5.73 Å². The highest BCUT2D eigenvalue weighted by Crippen LogP contribution is 1.97. The van der Waals surface area contributed by atoms with Gasteiger partial charge in [-0.25, -0.2) is 0 Å². The lowest BCUT2D eigenvalue weighted by Crippen LogP contribution is -2.25. The van der Waals surface area contributed by atoms with Crippen molar-refractivity contribution in [2.24, 2.45) is 16.1 Å². The van der Waals surface area contributed by atoms with E-state index in [9.17, 15) is 4.79 Å². The molecule has 1 aliphatic heterocycles. The summed E-state index contributed by atoms with van der Waals surface area (Å²) in [5, 5.41) is 5.85. The molecule has 7 heavy (non-hydrogen) atoms. The Morgan fingerprint density at radius 2 is 2.57 bits per heavy atom. The first-order valence-corrected chi connectivity index (χ1v) is 1.67. The third kappa shape index (κ3) is 0.566. The highest BCUT2D eigenvalue weighted by molar-refractivity contribution is 5.81. The zero-order valence-electron chi connectivity index (χ0n) is 3.37. The van der Waals surface area contributed by atoms with Crippen molar-refractivity contribution < 1.29 is 9.63 Å². The van der Waals surface area contributed by atoms with Crippen LogP contribution in [0.2, 0.25) is 0 Å². The molecule has 0 saturated heterocycles. The van der Waals surface area contributed by atoms with Crippen LogP contribution in [0.25, 0.3) is 0 Å². The van der Waals surface area contributed by atoms with Gasteiger partial charge in [-0.3, -0.25) is 10.5 Å². The summed E-state index contributed by atoms with van der Waals surface area (Å²) < 4.78 is 0. The van der Waals surface area contributed by atoms with Crippen molar-refractivity contribution in [3.05, 3.63) is 0 Å². The van der Waals surface area contributed by atoms with Crippen molar-refractivity contribution in [1.29, 1.82) is 0 Å². The van der Waals surface area contributed by atoms with Crippen molar-refractivity contribution in [3.8, 4) is 0 Å². The molecule has 1 unspecified atom stereocenters. The average Bonchev–Trinajstić information content (AvgIpc) is 1.91. The Kier molecular flexibility index (Phi) is 0.759. The minimum atomic E-state index is -0.958. The fraction of sp³-hybridized carbons (Fsp3) is 0.500. The lowest BCUT2D eigenvalue weighted by atomic mass is 10.6. The van der Waals surface area contributed by atoms with E-state index in [1.807, 2.05) is 0 Å². The van der Waals surface area contributed by atoms with Gasteiger partial charge in [-0.1, -0.05) is 5.11 Å². The van der Waals surface area contributed by atoms with Gasteiger partial charge in [-0.2, -0.15) is 0 Å². The average molecular weight is 101 g/mol. The van der Waals surface area contributed by atoms with Gasteiger partial charge in [-0.05, 0) is 0 Å². The van der Waals surface area contributed by atoms with Crippen molar-refractivity contribution in [3.63, 3.8) is 0 Å². The number of amides is 1. The van der Waals surface area contributed by atoms with E-state index in [1.165, 1.54) is 0 Å². The number of rotatable bonds is 0. The Hall–Kier alpha value is -0.970. The summed E-state index contributed by atoms with van der Waals surface area (Å²) in [7, 11) is 0. The van der Waals surface area contributed by atoms with Gasteiger partial charge in [0.05, 0.1) is 0 Å². The molecule has 0 aromatic rings. The van der Waals surface area contributed by atoms with Gasteiger partial charge in [-0.15, -0.1) is 0 Å². The first-order valence-electron chi connectivity index (χ1n) is 1.67. The largest absolute Gasteiger partial charge is 0.349 e. The topological polar surface area (TPSA) is 77.0 Å². The molecule has 0 aliphatic carbocycles. The van der Waals surface area contributed by atoms with Crippen LogP contribution in [-0.2, 0) is 9.63 Å². The molecule has 0 fully saturated rings. The van der Waals surface area contributed by atoms with E-state index in [2.05, 4.69) is 15.2 Å². The molecule has 1 amide bonds. The number of nitrogens with zero attached hydrogens (tertiary/aromatic N) is 2. The molecule has 5 heteroatoms. The number of carbonyl (C=O) groups is 1. The molecule has 5 nitrogen and oxygen atoms in total. The van der Waals surface area contributed by atoms with Crippen LogP contribution >= 0.6 is 0 Å². The highest BCUT2D eigenvalue weighted by Gasteiger charge is 2.19. The van der Waals surface area contributed by atoms with Gasteiger partial charge in [0.25, 0.3) is 6.23 Å². The minimum absolute atomic E-state index is 0.528. The molecule has 0 aromatic heterocycles. The van der Waals surface area contributed by atoms with Crippen LogP contribution < -0.4 is 5.73 Å². The minimum Gasteiger partial charge on any atom is -0.349 e. The van der Waals surface area contributed by atoms with Crippen LogP contribution in [0.4, 0.5) is 0 Å². The quantitative estimate of drug-likeness (QED) is 0.433. The lowest BCUT2D eigenvalue weighted by molar-refractivity contribution is -0.123. The summed E-state index contributed by atoms with van der Waals surface area (Å²) >= 11 is 0. The van der Waals surface area contributed by atoms with Gasteiger partial charge in [0.1, 0.15) is 0 Å². The predicted molar refractivity (Wildman–Crippen MR) is 18.9 cm³/mol. The first kappa shape index (κ1) is 4.20. The van der Waals surface area contributed by atoms with Gasteiger partial charge >= 0.3 is 5.91 Å². The van der Waals surface area contributed by atoms with Gasteiger partial charge in [0.15, 0.2) is 0 Å². The molecule has 0 spiro atoms. The van der Waals surface area contributed by atoms with Crippen molar-refractivity contribution in [2.75, 3.05) is 0 Å². The fourth-order valence-corrected chi connectivity index (χ4v) is 0.217. The van der Waals surface area contributed by atoms with Crippen LogP contribution in [-0.4, -0.2) is 12.1 Å². The number of hydrogen-bond donors (Lipinski definition) is 1. The smallest absolute Gasteiger partial charge is 0.325 e. The Morgan fingerprint density at radius 3 is 2.71 bits per heavy atom. The zero-order valence-corrected chi connectivity index (χ0v) is 3.37. The molecule has 0 bridgehead atoms. The molecule has 1 heterocycles. The molecule has 38 valence electrons. The molecule has 1 atom stereocenters. The van der Waals surface area contributed by atoms with E-state index in [0.29, 0.717) is 0 Å². The maximum absolute atomic E-state index is 10.1. The molecule has 0 saturated carbocycles. The molecular weight excluding hydrogens is 98.0 g/mol. The fourth-order valence-electron chi connectivity index (χ4n) is 0.217. The second kappa shape index (κ2) is 1.27. The van der Waals surface area contributed by atoms with Crippen LogP contribution in [0.5, 0.6) is 0 Å². The molecule has 1 aliphatic rings. The third-order valence-electron chi connectivity index (χ3n) is 0.543. The van der Waals surface area contributed by atoms with E-state index in [0.717, 1.165) is 0 Å². The monoisotopic (exact) mass is 101 g/mol. The van der Waals surface area contributed by atoms with Gasteiger partial charge in [0, 0.05) is 5.28 Å². The van der Waals surface area contributed by atoms with E-state index < -0.39 is 12.1 Å². The Labute approximate surface area is 39.1 Å². The zero-order chi connectivity index (χ0) is 5.28. The highest BCUT2D eigenvalue weighted by atomic mass is 16.7. The Morgan fingerprint density at radius 1 is 1.86 bits per heavy atom. The molecule has 1 rings (SSSR count). The summed E-state index contributed by atoms with van der Waals surface area (Å²) in [6.07, 6.45) is -0.958. The predicted octanol–water partition coefficient (Wildman–Crippen LogP) is -0.805. The van der Waals surface area contributed by atoms with E-state index in [-0.39, 0.29) is 0 Å². The summed E-state index contributed by atoms with van der Waals surface area (Å²) in [6, 6.07) is 0. The number of carbonyl (C=O) groups excluding carboxylic acids is 1. The van der Waals surface area contributed by atoms with E-state index in [1.54, 1.807) is 0 Å². The van der Waals surface area contributed by atoms with Gasteiger partial charge < -0.3 is 4.84 Å². The molecule has 2 N–H and O–H groups in total. The van der Waals surface area contributed by atoms with Crippen LogP contribution in [0.15, 0.2) is 10.4 Å². The molecule has 0 radical (unpaired) electrons. The summed E-state index contributed by atoms with van der Waals surface area (Å²) in [5.41, 5.74) is 4.92. The van der Waals surface area contributed by atoms with Gasteiger partial charge in [0.2, 0.25) is 0 Å². The van der Waals surface area contributed by atoms with Crippen LogP contribution in [0.3, 0.4) is 0 Å². The normalized spacial score (nSPS) is 28.1. The number of nitrogens with two attached hydrogens (primary N) is 1. The van der Waals surface area contributed by atoms with Crippen molar-refractivity contribution in [1.82, 2.24) is 0 Å². The summed E-state index contributed by atoms with van der Waals surface area (Å²) in [4.78, 5) is 14.2.